The molecule has 0 bridgehead atoms. The normalized spacial score (nSPS) is 19.9. The largest absolute Gasteiger partial charge is 0.274 e. The molecule has 1 aliphatic rings. The first-order chi connectivity index (χ1) is 6.13. The maximum Gasteiger partial charge on any atom is 0.274 e. The van der Waals surface area contributed by atoms with Crippen LogP contribution in [0.5, 0.6) is 0 Å². The number of hydrogen-bond donors (Lipinski definition) is 0. The van der Waals surface area contributed by atoms with Gasteiger partial charge in [0.25, 0.3) is 5.92 Å². The van der Waals surface area contributed by atoms with E-state index < -0.39 is 5.92 Å². The molecule has 1 heterocycles. The number of hydrogen-bond acceptors (Lipinski definition) is 2. The molecular weight excluding hydrogens is 210 g/mol. The van der Waals surface area contributed by atoms with Crippen molar-refractivity contribution in [1.82, 2.24) is 0 Å². The molecule has 0 radical (unpaired) electrons. The van der Waals surface area contributed by atoms with Crippen LogP contribution >= 0.6 is 23.1 Å². The molecule has 0 aliphatic heterocycles. The van der Waals surface area contributed by atoms with Gasteiger partial charge in [0.2, 0.25) is 0 Å². The molecule has 0 saturated carbocycles. The molecule has 4 heteroatoms. The lowest BCUT2D eigenvalue weighted by atomic mass is 9.96. The first kappa shape index (κ1) is 9.46. The summed E-state index contributed by atoms with van der Waals surface area (Å²) in [5.41, 5.74) is 0.285. The average molecular weight is 220 g/mol. The molecule has 0 N–H and O–H groups in total. The van der Waals surface area contributed by atoms with E-state index in [4.69, 9.17) is 0 Å². The molecule has 0 fully saturated rings. The number of rotatable bonds is 1. The number of aryl methyl sites for hydroxylation is 1. The van der Waals surface area contributed by atoms with E-state index in [1.165, 1.54) is 11.3 Å². The summed E-state index contributed by atoms with van der Waals surface area (Å²) in [6.45, 7) is 0. The summed E-state index contributed by atoms with van der Waals surface area (Å²) in [6, 6.07) is 1.66. The zero-order valence-corrected chi connectivity index (χ0v) is 8.90. The highest BCUT2D eigenvalue weighted by Crippen LogP contribution is 2.45. The van der Waals surface area contributed by atoms with Crippen molar-refractivity contribution in [2.75, 3.05) is 6.26 Å². The molecule has 0 spiro atoms. The van der Waals surface area contributed by atoms with Crippen molar-refractivity contribution in [2.45, 2.75) is 29.4 Å². The van der Waals surface area contributed by atoms with Crippen LogP contribution < -0.4 is 0 Å². The maximum atomic E-state index is 13.3. The second kappa shape index (κ2) is 3.24. The van der Waals surface area contributed by atoms with E-state index >= 15 is 0 Å². The second-order valence-corrected chi connectivity index (χ2v) is 5.41. The summed E-state index contributed by atoms with van der Waals surface area (Å²) in [7, 11) is 0. The van der Waals surface area contributed by atoms with Crippen molar-refractivity contribution < 1.29 is 8.78 Å². The van der Waals surface area contributed by atoms with Gasteiger partial charge >= 0.3 is 0 Å². The van der Waals surface area contributed by atoms with E-state index in [9.17, 15) is 8.78 Å². The quantitative estimate of drug-likeness (QED) is 0.647. The van der Waals surface area contributed by atoms with Crippen LogP contribution in [0.15, 0.2) is 10.3 Å². The molecule has 0 saturated heterocycles. The van der Waals surface area contributed by atoms with E-state index in [1.54, 1.807) is 17.8 Å². The first-order valence-corrected chi connectivity index (χ1v) is 6.22. The van der Waals surface area contributed by atoms with Crippen LogP contribution in [-0.2, 0) is 12.3 Å². The Morgan fingerprint density at radius 2 is 2.31 bits per heavy atom. The smallest absolute Gasteiger partial charge is 0.201 e. The number of fused-ring (bicyclic) bond motifs is 1. The van der Waals surface area contributed by atoms with Crippen LogP contribution in [0.1, 0.15) is 23.3 Å². The lowest BCUT2D eigenvalue weighted by Crippen LogP contribution is -2.18. The third-order valence-electron chi connectivity index (χ3n) is 2.28. The summed E-state index contributed by atoms with van der Waals surface area (Å²) in [6.07, 6.45) is 3.39. The second-order valence-electron chi connectivity index (χ2n) is 3.16. The molecule has 0 nitrogen and oxygen atoms in total. The summed E-state index contributed by atoms with van der Waals surface area (Å²) in [5, 5.41) is 0. The van der Waals surface area contributed by atoms with Crippen molar-refractivity contribution in [3.05, 3.63) is 16.5 Å². The summed E-state index contributed by atoms with van der Waals surface area (Å²) in [5.74, 6) is -2.57. The maximum absolute atomic E-state index is 13.3. The molecule has 0 atom stereocenters. The van der Waals surface area contributed by atoms with Gasteiger partial charge < -0.3 is 0 Å². The summed E-state index contributed by atoms with van der Waals surface area (Å²) < 4.78 is 27.7. The Balaban J connectivity index is 2.44. The lowest BCUT2D eigenvalue weighted by Gasteiger charge is -2.21. The van der Waals surface area contributed by atoms with Crippen molar-refractivity contribution in [1.29, 1.82) is 0 Å². The van der Waals surface area contributed by atoms with E-state index in [1.807, 2.05) is 6.26 Å². The Kier molecular flexibility index (Phi) is 2.36. The summed E-state index contributed by atoms with van der Waals surface area (Å²) in [4.78, 5) is 0.889. The fourth-order valence-electron chi connectivity index (χ4n) is 1.61. The highest BCUT2D eigenvalue weighted by Gasteiger charge is 2.37. The van der Waals surface area contributed by atoms with Crippen molar-refractivity contribution in [3.8, 4) is 0 Å². The molecule has 0 aromatic carbocycles. The van der Waals surface area contributed by atoms with E-state index in [-0.39, 0.29) is 12.0 Å². The van der Waals surface area contributed by atoms with Gasteiger partial charge in [0.05, 0.1) is 4.21 Å². The van der Waals surface area contributed by atoms with Crippen LogP contribution in [0.25, 0.3) is 0 Å². The van der Waals surface area contributed by atoms with Gasteiger partial charge in [-0.3, -0.25) is 0 Å². The molecule has 2 rings (SSSR count). The van der Waals surface area contributed by atoms with Gasteiger partial charge in [0.15, 0.2) is 0 Å². The van der Waals surface area contributed by atoms with E-state index in [0.717, 1.165) is 15.5 Å². The number of halogens is 2. The average Bonchev–Trinajstić information content (AvgIpc) is 2.48. The molecule has 1 aliphatic carbocycles. The molecule has 1 aromatic rings. The molecule has 0 unspecified atom stereocenters. The van der Waals surface area contributed by atoms with Crippen LogP contribution in [0.3, 0.4) is 0 Å². The number of thioether (sulfide) groups is 1. The Bertz CT molecular complexity index is 317. The van der Waals surface area contributed by atoms with Gasteiger partial charge in [-0.2, -0.15) is 0 Å². The van der Waals surface area contributed by atoms with E-state index in [0.29, 0.717) is 6.42 Å². The van der Waals surface area contributed by atoms with Crippen molar-refractivity contribution >= 4 is 23.1 Å². The van der Waals surface area contributed by atoms with Gasteiger partial charge in [-0.25, -0.2) is 8.78 Å². The predicted octanol–water partition coefficient (Wildman–Crippen LogP) is 3.90. The fraction of sp³-hybridized carbons (Fsp3) is 0.556. The third-order valence-corrected chi connectivity index (χ3v) is 4.54. The van der Waals surface area contributed by atoms with Gasteiger partial charge in [-0.05, 0) is 25.2 Å². The molecule has 0 amide bonds. The number of thiophene rings is 1. The minimum atomic E-state index is -2.57. The monoisotopic (exact) mass is 220 g/mol. The van der Waals surface area contributed by atoms with Crippen molar-refractivity contribution in [3.63, 3.8) is 0 Å². The Morgan fingerprint density at radius 3 is 2.92 bits per heavy atom. The minimum absolute atomic E-state index is 0.0184. The van der Waals surface area contributed by atoms with Crippen molar-refractivity contribution in [2.24, 2.45) is 0 Å². The molecule has 13 heavy (non-hydrogen) atoms. The van der Waals surface area contributed by atoms with Crippen LogP contribution in [0.2, 0.25) is 0 Å². The minimum Gasteiger partial charge on any atom is -0.201 e. The molecule has 1 aromatic heterocycles. The van der Waals surface area contributed by atoms with Crippen LogP contribution in [0, 0.1) is 0 Å². The topological polar surface area (TPSA) is 0 Å². The first-order valence-electron chi connectivity index (χ1n) is 4.18. The van der Waals surface area contributed by atoms with Gasteiger partial charge in [0.1, 0.15) is 0 Å². The standard InChI is InChI=1S/C9H10F2S2/c1-12-8-5-6-7(13-8)3-2-4-9(6,10)11/h5H,2-4H2,1H3. The highest BCUT2D eigenvalue weighted by molar-refractivity contribution is 8.00. The Hall–Kier alpha value is -0.0900. The van der Waals surface area contributed by atoms with Gasteiger partial charge in [-0.15, -0.1) is 23.1 Å². The highest BCUT2D eigenvalue weighted by atomic mass is 32.2. The lowest BCUT2D eigenvalue weighted by molar-refractivity contribution is -0.0209. The third kappa shape index (κ3) is 1.62. The summed E-state index contributed by atoms with van der Waals surface area (Å²) >= 11 is 3.07. The predicted molar refractivity (Wildman–Crippen MR) is 52.9 cm³/mol. The van der Waals surface area contributed by atoms with Crippen LogP contribution in [-0.4, -0.2) is 6.26 Å². The Morgan fingerprint density at radius 1 is 1.54 bits per heavy atom. The molecular formula is C9H10F2S2. The van der Waals surface area contributed by atoms with Gasteiger partial charge in [-0.1, -0.05) is 0 Å². The number of alkyl halides is 2. The van der Waals surface area contributed by atoms with E-state index in [2.05, 4.69) is 0 Å². The zero-order chi connectivity index (χ0) is 9.47. The zero-order valence-electron chi connectivity index (χ0n) is 7.27. The fourth-order valence-corrected chi connectivity index (χ4v) is 3.46. The molecule has 72 valence electrons. The van der Waals surface area contributed by atoms with Crippen LogP contribution in [0.4, 0.5) is 8.78 Å². The SMILES string of the molecule is CSc1cc2c(s1)CCCC2(F)F. The Labute approximate surface area is 84.3 Å². The van der Waals surface area contributed by atoms with Gasteiger partial charge in [0, 0.05) is 16.9 Å².